The largest absolute Gasteiger partial charge is 0.313 e. The number of likely N-dealkylation sites (tertiary alicyclic amines) is 1. The molecule has 1 heterocycles. The molecular weight excluding hydrogens is 246 g/mol. The predicted molar refractivity (Wildman–Crippen MR) is 87.1 cm³/mol. The molecule has 0 amide bonds. The Kier molecular flexibility index (Phi) is 6.31. The van der Waals surface area contributed by atoms with Crippen molar-refractivity contribution in [1.29, 1.82) is 0 Å². The molecule has 3 atom stereocenters. The van der Waals surface area contributed by atoms with E-state index < -0.39 is 0 Å². The van der Waals surface area contributed by atoms with Crippen LogP contribution in [-0.2, 0) is 0 Å². The number of likely N-dealkylation sites (N-methyl/N-ethyl adjacent to an activating group) is 1. The van der Waals surface area contributed by atoms with E-state index in [4.69, 9.17) is 0 Å². The van der Waals surface area contributed by atoms with E-state index in [1.165, 1.54) is 51.7 Å². The SMILES string of the molecule is CCNC1CCC(C)CC1N1CCC(CN(C)C)CC1. The van der Waals surface area contributed by atoms with Crippen molar-refractivity contribution in [2.45, 2.75) is 58.0 Å². The van der Waals surface area contributed by atoms with Crippen LogP contribution >= 0.6 is 0 Å². The first kappa shape index (κ1) is 16.3. The number of nitrogens with one attached hydrogen (secondary N) is 1. The molecule has 0 spiro atoms. The minimum atomic E-state index is 0.738. The Morgan fingerprint density at radius 1 is 1.10 bits per heavy atom. The van der Waals surface area contributed by atoms with Gasteiger partial charge in [0, 0.05) is 18.6 Å². The van der Waals surface area contributed by atoms with E-state index in [0.717, 1.165) is 30.5 Å². The second kappa shape index (κ2) is 7.77. The summed E-state index contributed by atoms with van der Waals surface area (Å²) < 4.78 is 0. The molecule has 2 rings (SSSR count). The maximum absolute atomic E-state index is 3.75. The van der Waals surface area contributed by atoms with E-state index >= 15 is 0 Å². The zero-order valence-corrected chi connectivity index (χ0v) is 14.1. The van der Waals surface area contributed by atoms with Crippen LogP contribution in [-0.4, -0.2) is 62.2 Å². The highest BCUT2D eigenvalue weighted by Gasteiger charge is 2.34. The highest BCUT2D eigenvalue weighted by molar-refractivity contribution is 4.92. The average Bonchev–Trinajstić information content (AvgIpc) is 2.41. The van der Waals surface area contributed by atoms with Gasteiger partial charge in [0.25, 0.3) is 0 Å². The maximum Gasteiger partial charge on any atom is 0.0251 e. The van der Waals surface area contributed by atoms with Gasteiger partial charge < -0.3 is 10.2 Å². The van der Waals surface area contributed by atoms with Crippen molar-refractivity contribution in [3.8, 4) is 0 Å². The lowest BCUT2D eigenvalue weighted by Crippen LogP contribution is -2.55. The molecular formula is C17H35N3. The monoisotopic (exact) mass is 281 g/mol. The Labute approximate surface area is 126 Å². The summed E-state index contributed by atoms with van der Waals surface area (Å²) in [4.78, 5) is 5.15. The molecule has 3 unspecified atom stereocenters. The quantitative estimate of drug-likeness (QED) is 0.835. The van der Waals surface area contributed by atoms with Crippen LogP contribution in [0, 0.1) is 11.8 Å². The Bertz CT molecular complexity index is 271. The molecule has 20 heavy (non-hydrogen) atoms. The summed E-state index contributed by atoms with van der Waals surface area (Å²) in [7, 11) is 4.41. The van der Waals surface area contributed by atoms with Gasteiger partial charge in [-0.25, -0.2) is 0 Å². The van der Waals surface area contributed by atoms with Crippen molar-refractivity contribution in [1.82, 2.24) is 15.1 Å². The van der Waals surface area contributed by atoms with Crippen LogP contribution in [0.3, 0.4) is 0 Å². The highest BCUT2D eigenvalue weighted by atomic mass is 15.2. The van der Waals surface area contributed by atoms with Crippen molar-refractivity contribution in [3.05, 3.63) is 0 Å². The molecule has 1 aliphatic carbocycles. The van der Waals surface area contributed by atoms with Crippen LogP contribution in [0.15, 0.2) is 0 Å². The Morgan fingerprint density at radius 3 is 2.40 bits per heavy atom. The van der Waals surface area contributed by atoms with E-state index in [1.807, 2.05) is 0 Å². The predicted octanol–water partition coefficient (Wildman–Crippen LogP) is 2.43. The molecule has 0 aromatic carbocycles. The number of rotatable bonds is 5. The summed E-state index contributed by atoms with van der Waals surface area (Å²) in [6.45, 7) is 9.71. The molecule has 1 N–H and O–H groups in total. The zero-order valence-electron chi connectivity index (χ0n) is 14.1. The van der Waals surface area contributed by atoms with Gasteiger partial charge >= 0.3 is 0 Å². The molecule has 3 nitrogen and oxygen atoms in total. The third kappa shape index (κ3) is 4.44. The third-order valence-corrected chi connectivity index (χ3v) is 5.29. The molecule has 0 aromatic rings. The molecule has 1 aliphatic heterocycles. The summed E-state index contributed by atoms with van der Waals surface area (Å²) in [5, 5.41) is 3.75. The topological polar surface area (TPSA) is 18.5 Å². The Morgan fingerprint density at radius 2 is 1.80 bits per heavy atom. The molecule has 3 heteroatoms. The van der Waals surface area contributed by atoms with Gasteiger partial charge in [-0.05, 0) is 77.7 Å². The van der Waals surface area contributed by atoms with Crippen molar-refractivity contribution in [2.24, 2.45) is 11.8 Å². The first-order chi connectivity index (χ1) is 9.60. The van der Waals surface area contributed by atoms with Crippen LogP contribution in [0.25, 0.3) is 0 Å². The summed E-state index contributed by atoms with van der Waals surface area (Å²) >= 11 is 0. The number of nitrogens with zero attached hydrogens (tertiary/aromatic N) is 2. The zero-order chi connectivity index (χ0) is 14.5. The standard InChI is InChI=1S/C17H35N3/c1-5-18-16-7-6-14(2)12-17(16)20-10-8-15(9-11-20)13-19(3)4/h14-18H,5-13H2,1-4H3. The van der Waals surface area contributed by atoms with Gasteiger partial charge in [-0.15, -0.1) is 0 Å². The highest BCUT2D eigenvalue weighted by Crippen LogP contribution is 2.30. The van der Waals surface area contributed by atoms with Crippen molar-refractivity contribution >= 4 is 0 Å². The molecule has 0 aromatic heterocycles. The first-order valence-corrected chi connectivity index (χ1v) is 8.72. The van der Waals surface area contributed by atoms with Crippen LogP contribution in [0.1, 0.15) is 46.0 Å². The number of hydrogen-bond acceptors (Lipinski definition) is 3. The van der Waals surface area contributed by atoms with E-state index in [1.54, 1.807) is 0 Å². The van der Waals surface area contributed by atoms with E-state index in [2.05, 4.69) is 43.1 Å². The van der Waals surface area contributed by atoms with E-state index in [0.29, 0.717) is 0 Å². The summed E-state index contributed by atoms with van der Waals surface area (Å²) in [6, 6.07) is 1.53. The first-order valence-electron chi connectivity index (χ1n) is 8.72. The van der Waals surface area contributed by atoms with Gasteiger partial charge in [0.2, 0.25) is 0 Å². The minimum absolute atomic E-state index is 0.738. The fourth-order valence-corrected chi connectivity index (χ4v) is 4.24. The normalized spacial score (nSPS) is 33.8. The molecule has 118 valence electrons. The Balaban J connectivity index is 1.86. The Hall–Kier alpha value is -0.120. The van der Waals surface area contributed by atoms with E-state index in [9.17, 15) is 0 Å². The van der Waals surface area contributed by atoms with Crippen molar-refractivity contribution < 1.29 is 0 Å². The summed E-state index contributed by atoms with van der Waals surface area (Å²) in [5.74, 6) is 1.83. The van der Waals surface area contributed by atoms with Gasteiger partial charge in [0.15, 0.2) is 0 Å². The van der Waals surface area contributed by atoms with Gasteiger partial charge in [-0.1, -0.05) is 13.8 Å². The fraction of sp³-hybridized carbons (Fsp3) is 1.00. The lowest BCUT2D eigenvalue weighted by atomic mass is 9.81. The third-order valence-electron chi connectivity index (χ3n) is 5.29. The second-order valence-corrected chi connectivity index (χ2v) is 7.39. The average molecular weight is 281 g/mol. The minimum Gasteiger partial charge on any atom is -0.313 e. The smallest absolute Gasteiger partial charge is 0.0251 e. The van der Waals surface area contributed by atoms with Crippen LogP contribution in [0.4, 0.5) is 0 Å². The van der Waals surface area contributed by atoms with E-state index in [-0.39, 0.29) is 0 Å². The second-order valence-electron chi connectivity index (χ2n) is 7.39. The molecule has 1 saturated carbocycles. The molecule has 0 radical (unpaired) electrons. The lowest BCUT2D eigenvalue weighted by Gasteiger charge is -2.45. The van der Waals surface area contributed by atoms with Crippen LogP contribution in [0.5, 0.6) is 0 Å². The number of piperidine rings is 1. The number of hydrogen-bond donors (Lipinski definition) is 1. The molecule has 0 bridgehead atoms. The van der Waals surface area contributed by atoms with Crippen LogP contribution < -0.4 is 5.32 Å². The molecule has 1 saturated heterocycles. The molecule has 2 fully saturated rings. The van der Waals surface area contributed by atoms with Crippen molar-refractivity contribution in [2.75, 3.05) is 40.3 Å². The maximum atomic E-state index is 3.75. The van der Waals surface area contributed by atoms with Crippen molar-refractivity contribution in [3.63, 3.8) is 0 Å². The molecule has 2 aliphatic rings. The van der Waals surface area contributed by atoms with Crippen LogP contribution in [0.2, 0.25) is 0 Å². The fourth-order valence-electron chi connectivity index (χ4n) is 4.24. The summed E-state index contributed by atoms with van der Waals surface area (Å²) in [6.07, 6.45) is 6.96. The lowest BCUT2D eigenvalue weighted by molar-refractivity contribution is 0.0637. The van der Waals surface area contributed by atoms with Gasteiger partial charge in [0.05, 0.1) is 0 Å². The van der Waals surface area contributed by atoms with Gasteiger partial charge in [-0.3, -0.25) is 4.90 Å². The van der Waals surface area contributed by atoms with Gasteiger partial charge in [-0.2, -0.15) is 0 Å². The summed E-state index contributed by atoms with van der Waals surface area (Å²) in [5.41, 5.74) is 0. The van der Waals surface area contributed by atoms with Gasteiger partial charge in [0.1, 0.15) is 0 Å².